The first kappa shape index (κ1) is 9.40. The highest BCUT2D eigenvalue weighted by molar-refractivity contribution is 14.1. The van der Waals surface area contributed by atoms with Crippen LogP contribution < -0.4 is 0 Å². The minimum Gasteiger partial charge on any atom is -0.258 e. The van der Waals surface area contributed by atoms with Gasteiger partial charge in [0.1, 0.15) is 0 Å². The molecule has 0 bridgehead atoms. The maximum atomic E-state index is 4.60. The topological polar surface area (TPSA) is 16.1 Å². The quantitative estimate of drug-likeness (QED) is 0.539. The van der Waals surface area contributed by atoms with E-state index in [-0.39, 0.29) is 0 Å². The van der Waals surface area contributed by atoms with E-state index >= 15 is 0 Å². The number of aromatic nitrogens is 1. The number of hydrogen-bond donors (Lipinski definition) is 0. The maximum Gasteiger partial charge on any atom is 0.0493 e. The summed E-state index contributed by atoms with van der Waals surface area (Å²) in [6.07, 6.45) is 0. The van der Waals surface area contributed by atoms with E-state index in [4.69, 9.17) is 0 Å². The predicted molar refractivity (Wildman–Crippen MR) is 61.8 cm³/mol. The molecule has 0 saturated carbocycles. The van der Waals surface area contributed by atoms with E-state index < -0.39 is 0 Å². The third-order valence-electron chi connectivity index (χ3n) is 2.43. The van der Waals surface area contributed by atoms with Crippen LogP contribution in [0.2, 0.25) is 0 Å². The Labute approximate surface area is 92.8 Å². The van der Waals surface area contributed by atoms with E-state index in [1.54, 1.807) is 0 Å². The van der Waals surface area contributed by atoms with Gasteiger partial charge < -0.3 is 0 Å². The molecule has 2 rings (SSSR count). The van der Waals surface area contributed by atoms with Gasteiger partial charge in [-0.2, -0.15) is 0 Å². The largest absolute Gasteiger partial charge is 0.258 e. The van der Waals surface area contributed by atoms with E-state index in [1.807, 2.05) is 0 Å². The van der Waals surface area contributed by atoms with Gasteiger partial charge in [0.05, 0.1) is 0 Å². The van der Waals surface area contributed by atoms with Gasteiger partial charge >= 0.3 is 0 Å². The minimum absolute atomic E-state index is 0.570. The molecule has 3 heteroatoms. The average molecular weight is 288 g/mol. The molecule has 0 spiro atoms. The molecule has 0 N–H and O–H groups in total. The third-order valence-corrected chi connectivity index (χ3v) is 3.17. The van der Waals surface area contributed by atoms with Crippen LogP contribution in [0.5, 0.6) is 0 Å². The lowest BCUT2D eigenvalue weighted by molar-refractivity contribution is 0.428. The smallest absolute Gasteiger partial charge is 0.0493 e. The highest BCUT2D eigenvalue weighted by Crippen LogP contribution is 2.28. The zero-order valence-corrected chi connectivity index (χ0v) is 10.1. The molecule has 1 aliphatic heterocycles. The van der Waals surface area contributed by atoms with E-state index in [0.29, 0.717) is 5.92 Å². The third kappa shape index (κ3) is 1.86. The molecule has 1 aromatic heterocycles. The Morgan fingerprint density at radius 1 is 1.54 bits per heavy atom. The fourth-order valence-corrected chi connectivity index (χ4v) is 2.76. The van der Waals surface area contributed by atoms with Gasteiger partial charge in [-0.3, -0.25) is 4.98 Å². The van der Waals surface area contributed by atoms with Crippen LogP contribution in [0.3, 0.4) is 0 Å². The van der Waals surface area contributed by atoms with Crippen molar-refractivity contribution in [3.8, 4) is 0 Å². The van der Waals surface area contributed by atoms with Crippen molar-refractivity contribution in [2.24, 2.45) is 0 Å². The van der Waals surface area contributed by atoms with Crippen LogP contribution in [0.15, 0.2) is 12.1 Å². The second-order valence-corrected chi connectivity index (χ2v) is 5.07. The zero-order chi connectivity index (χ0) is 9.42. The SMILES string of the molecule is Cc1ccc2c(n1)C(C)CN(I)C2. The molecule has 70 valence electrons. The fraction of sp³-hybridized carbons (Fsp3) is 0.500. The van der Waals surface area contributed by atoms with Crippen molar-refractivity contribution in [2.45, 2.75) is 26.3 Å². The van der Waals surface area contributed by atoms with Crippen molar-refractivity contribution in [1.82, 2.24) is 8.10 Å². The monoisotopic (exact) mass is 288 g/mol. The van der Waals surface area contributed by atoms with Crippen LogP contribution in [0.25, 0.3) is 0 Å². The molecule has 0 aromatic carbocycles. The van der Waals surface area contributed by atoms with Crippen molar-refractivity contribution in [1.29, 1.82) is 0 Å². The lowest BCUT2D eigenvalue weighted by Gasteiger charge is -2.27. The van der Waals surface area contributed by atoms with Gasteiger partial charge in [-0.05, 0) is 18.6 Å². The molecule has 0 amide bonds. The predicted octanol–water partition coefficient (Wildman–Crippen LogP) is 2.66. The zero-order valence-electron chi connectivity index (χ0n) is 7.92. The number of aryl methyl sites for hydroxylation is 1. The van der Waals surface area contributed by atoms with Gasteiger partial charge in [0, 0.05) is 53.3 Å². The molecule has 13 heavy (non-hydrogen) atoms. The Balaban J connectivity index is 2.43. The molecule has 0 fully saturated rings. The Hall–Kier alpha value is -0.160. The summed E-state index contributed by atoms with van der Waals surface area (Å²) in [5.41, 5.74) is 3.82. The maximum absolute atomic E-state index is 4.60. The first-order valence-corrected chi connectivity index (χ1v) is 5.50. The number of nitrogens with zero attached hydrogens (tertiary/aromatic N) is 2. The standard InChI is InChI=1S/C10H13IN2/c1-7-5-13(11)6-9-4-3-8(2)12-10(7)9/h3-4,7H,5-6H2,1-2H3. The van der Waals surface area contributed by atoms with Gasteiger partial charge in [0.2, 0.25) is 0 Å². The summed E-state index contributed by atoms with van der Waals surface area (Å²) in [5.74, 6) is 0.570. The summed E-state index contributed by atoms with van der Waals surface area (Å²) in [6, 6.07) is 4.31. The number of fused-ring (bicyclic) bond motifs is 1. The van der Waals surface area contributed by atoms with Crippen LogP contribution in [0.4, 0.5) is 0 Å². The molecule has 2 heterocycles. The summed E-state index contributed by atoms with van der Waals surface area (Å²) in [7, 11) is 0. The highest BCUT2D eigenvalue weighted by atomic mass is 127. The van der Waals surface area contributed by atoms with Gasteiger partial charge in [-0.1, -0.05) is 13.0 Å². The Bertz CT molecular complexity index is 325. The van der Waals surface area contributed by atoms with Crippen LogP contribution in [-0.2, 0) is 6.54 Å². The molecular formula is C10H13IN2. The summed E-state index contributed by atoms with van der Waals surface area (Å²) >= 11 is 2.38. The van der Waals surface area contributed by atoms with Crippen molar-refractivity contribution in [3.63, 3.8) is 0 Å². The summed E-state index contributed by atoms with van der Waals surface area (Å²) in [6.45, 7) is 6.46. The number of pyridine rings is 1. The molecule has 2 nitrogen and oxygen atoms in total. The molecule has 1 unspecified atom stereocenters. The minimum atomic E-state index is 0.570. The molecule has 0 saturated heterocycles. The lowest BCUT2D eigenvalue weighted by atomic mass is 9.98. The van der Waals surface area contributed by atoms with Gasteiger partial charge in [0.25, 0.3) is 0 Å². The lowest BCUT2D eigenvalue weighted by Crippen LogP contribution is -2.25. The van der Waals surface area contributed by atoms with Crippen LogP contribution in [0.1, 0.15) is 29.8 Å². The van der Waals surface area contributed by atoms with Gasteiger partial charge in [-0.25, -0.2) is 3.11 Å². The summed E-state index contributed by atoms with van der Waals surface area (Å²) in [5, 5.41) is 0. The molecule has 0 aliphatic carbocycles. The molecule has 1 atom stereocenters. The van der Waals surface area contributed by atoms with E-state index in [1.165, 1.54) is 11.3 Å². The average Bonchev–Trinajstić information content (AvgIpc) is 2.06. The first-order valence-electron chi connectivity index (χ1n) is 4.54. The van der Waals surface area contributed by atoms with Crippen LogP contribution >= 0.6 is 22.9 Å². The number of hydrogen-bond acceptors (Lipinski definition) is 2. The van der Waals surface area contributed by atoms with Crippen molar-refractivity contribution >= 4 is 22.9 Å². The Morgan fingerprint density at radius 3 is 3.08 bits per heavy atom. The highest BCUT2D eigenvalue weighted by Gasteiger charge is 2.21. The van der Waals surface area contributed by atoms with Gasteiger partial charge in [0.15, 0.2) is 0 Å². The summed E-state index contributed by atoms with van der Waals surface area (Å²) in [4.78, 5) is 4.60. The van der Waals surface area contributed by atoms with Crippen LogP contribution in [0, 0.1) is 6.92 Å². The number of rotatable bonds is 0. The van der Waals surface area contributed by atoms with Gasteiger partial charge in [-0.15, -0.1) is 0 Å². The molecule has 1 aliphatic rings. The van der Waals surface area contributed by atoms with E-state index in [9.17, 15) is 0 Å². The first-order chi connectivity index (χ1) is 6.16. The fourth-order valence-electron chi connectivity index (χ4n) is 1.80. The second kappa shape index (κ2) is 3.53. The van der Waals surface area contributed by atoms with Crippen LogP contribution in [-0.4, -0.2) is 14.6 Å². The molecular weight excluding hydrogens is 275 g/mol. The molecule has 1 aromatic rings. The second-order valence-electron chi connectivity index (χ2n) is 3.70. The van der Waals surface area contributed by atoms with Crippen molar-refractivity contribution in [3.05, 3.63) is 29.1 Å². The van der Waals surface area contributed by atoms with Crippen molar-refractivity contribution < 1.29 is 0 Å². The van der Waals surface area contributed by atoms with Crippen molar-refractivity contribution in [2.75, 3.05) is 6.54 Å². The summed E-state index contributed by atoms with van der Waals surface area (Å²) < 4.78 is 2.32. The van der Waals surface area contributed by atoms with E-state index in [2.05, 4.69) is 56.9 Å². The Kier molecular flexibility index (Phi) is 2.55. The Morgan fingerprint density at radius 2 is 2.31 bits per heavy atom. The number of halogens is 1. The molecule has 0 radical (unpaired) electrons. The normalized spacial score (nSPS) is 22.8. The van der Waals surface area contributed by atoms with E-state index in [0.717, 1.165) is 18.8 Å².